The first-order valence-corrected chi connectivity index (χ1v) is 10.1. The number of aliphatic hydroxyl groups is 1. The van der Waals surface area contributed by atoms with E-state index in [1.807, 2.05) is 0 Å². The van der Waals surface area contributed by atoms with Gasteiger partial charge in [0.1, 0.15) is 0 Å². The summed E-state index contributed by atoms with van der Waals surface area (Å²) in [6, 6.07) is 0. The van der Waals surface area contributed by atoms with Crippen molar-refractivity contribution >= 4 is 11.6 Å². The number of rotatable bonds is 17. The van der Waals surface area contributed by atoms with Gasteiger partial charge in [-0.05, 0) is 12.8 Å². The third-order valence-electron chi connectivity index (χ3n) is 4.31. The third-order valence-corrected chi connectivity index (χ3v) is 4.42. The van der Waals surface area contributed by atoms with Crippen molar-refractivity contribution in [1.82, 2.24) is 0 Å². The second-order valence-electron chi connectivity index (χ2n) is 6.52. The predicted molar refractivity (Wildman–Crippen MR) is 97.3 cm³/mol. The number of aliphatic hydroxyl groups excluding tert-OH is 1. The van der Waals surface area contributed by atoms with Crippen molar-refractivity contribution in [3.8, 4) is 0 Å². The number of halogens is 1. The van der Waals surface area contributed by atoms with Gasteiger partial charge in [0.25, 0.3) is 0 Å². The quantitative estimate of drug-likeness (QED) is 0.180. The minimum absolute atomic E-state index is 0.134. The molecule has 0 amide bonds. The molecule has 0 aromatic carbocycles. The molecule has 3 heteroatoms. The number of hydrogen-bond donors (Lipinski definition) is 1. The van der Waals surface area contributed by atoms with Crippen LogP contribution < -0.4 is 0 Å². The SMILES string of the molecule is CCCCCCCCCC(CCCCCCCC)OC(O)Cl. The summed E-state index contributed by atoms with van der Waals surface area (Å²) in [6.45, 7) is 4.50. The van der Waals surface area contributed by atoms with E-state index in [2.05, 4.69) is 13.8 Å². The molecule has 2 nitrogen and oxygen atoms in total. The molecule has 0 bridgehead atoms. The average molecular weight is 335 g/mol. The van der Waals surface area contributed by atoms with Crippen LogP contribution in [0.2, 0.25) is 0 Å². The molecule has 0 saturated heterocycles. The number of hydrogen-bond acceptors (Lipinski definition) is 2. The summed E-state index contributed by atoms with van der Waals surface area (Å²) in [5, 5.41) is 9.24. The van der Waals surface area contributed by atoms with Crippen LogP contribution in [0.1, 0.15) is 110 Å². The van der Waals surface area contributed by atoms with Gasteiger partial charge in [-0.3, -0.25) is 0 Å². The fraction of sp³-hybridized carbons (Fsp3) is 1.00. The molecule has 0 aromatic heterocycles. The highest BCUT2D eigenvalue weighted by Gasteiger charge is 2.12. The summed E-state index contributed by atoms with van der Waals surface area (Å²) in [5.74, 6) is -1.14. The predicted octanol–water partition coefficient (Wildman–Crippen LogP) is 6.78. The van der Waals surface area contributed by atoms with Crippen LogP contribution in [0.3, 0.4) is 0 Å². The van der Waals surface area contributed by atoms with Crippen molar-refractivity contribution in [2.45, 2.75) is 122 Å². The Balaban J connectivity index is 3.61. The minimum atomic E-state index is -1.14. The Morgan fingerprint density at radius 3 is 1.41 bits per heavy atom. The molecular weight excluding hydrogens is 296 g/mol. The minimum Gasteiger partial charge on any atom is -0.356 e. The summed E-state index contributed by atoms with van der Waals surface area (Å²) >= 11 is 5.58. The standard InChI is InChI=1S/C19H39ClO2/c1-3-5-7-9-11-13-15-17-18(22-19(20)21)16-14-12-10-8-6-4-2/h18-19,21H,3-17H2,1-2H3. The van der Waals surface area contributed by atoms with Crippen LogP contribution in [0, 0.1) is 0 Å². The molecule has 0 aliphatic heterocycles. The fourth-order valence-electron chi connectivity index (χ4n) is 2.92. The first kappa shape index (κ1) is 22.2. The highest BCUT2D eigenvalue weighted by molar-refractivity contribution is 6.18. The highest BCUT2D eigenvalue weighted by atomic mass is 35.5. The molecule has 0 aliphatic rings. The Hall–Kier alpha value is 0.210. The third kappa shape index (κ3) is 16.6. The molecule has 0 radical (unpaired) electrons. The molecule has 22 heavy (non-hydrogen) atoms. The van der Waals surface area contributed by atoms with Gasteiger partial charge in [-0.15, -0.1) is 0 Å². The zero-order chi connectivity index (χ0) is 16.5. The van der Waals surface area contributed by atoms with Gasteiger partial charge in [0.15, 0.2) is 0 Å². The molecule has 0 spiro atoms. The fourth-order valence-corrected chi connectivity index (χ4v) is 3.07. The number of unbranched alkanes of at least 4 members (excludes halogenated alkanes) is 11. The topological polar surface area (TPSA) is 29.5 Å². The smallest absolute Gasteiger partial charge is 0.234 e. The van der Waals surface area contributed by atoms with E-state index in [9.17, 15) is 5.11 Å². The van der Waals surface area contributed by atoms with Crippen molar-refractivity contribution < 1.29 is 9.84 Å². The maximum atomic E-state index is 9.24. The molecule has 0 saturated carbocycles. The van der Waals surface area contributed by atoms with Gasteiger partial charge in [0, 0.05) is 0 Å². The highest BCUT2D eigenvalue weighted by Crippen LogP contribution is 2.18. The Morgan fingerprint density at radius 2 is 1.05 bits per heavy atom. The van der Waals surface area contributed by atoms with Crippen LogP contribution in [0.4, 0.5) is 0 Å². The molecule has 0 rings (SSSR count). The molecule has 0 fully saturated rings. The van der Waals surface area contributed by atoms with Crippen LogP contribution in [-0.4, -0.2) is 17.0 Å². The van der Waals surface area contributed by atoms with Crippen LogP contribution in [0.25, 0.3) is 0 Å². The van der Waals surface area contributed by atoms with E-state index < -0.39 is 5.75 Å². The van der Waals surface area contributed by atoms with E-state index in [-0.39, 0.29) is 6.10 Å². The lowest BCUT2D eigenvalue weighted by Crippen LogP contribution is -2.18. The van der Waals surface area contributed by atoms with Crippen molar-refractivity contribution in [3.05, 3.63) is 0 Å². The van der Waals surface area contributed by atoms with E-state index in [0.29, 0.717) is 0 Å². The summed E-state index contributed by atoms with van der Waals surface area (Å²) in [4.78, 5) is 0. The largest absolute Gasteiger partial charge is 0.356 e. The zero-order valence-electron chi connectivity index (χ0n) is 15.0. The van der Waals surface area contributed by atoms with Crippen LogP contribution >= 0.6 is 11.6 Å². The summed E-state index contributed by atoms with van der Waals surface area (Å²) in [6.07, 6.45) is 19.2. The lowest BCUT2D eigenvalue weighted by molar-refractivity contribution is -0.0885. The molecule has 2 atom stereocenters. The van der Waals surface area contributed by atoms with Gasteiger partial charge in [-0.2, -0.15) is 0 Å². The summed E-state index contributed by atoms with van der Waals surface area (Å²) in [7, 11) is 0. The van der Waals surface area contributed by atoms with Gasteiger partial charge < -0.3 is 9.84 Å². The molecule has 0 heterocycles. The second-order valence-corrected chi connectivity index (χ2v) is 6.89. The molecule has 134 valence electrons. The summed E-state index contributed by atoms with van der Waals surface area (Å²) in [5.41, 5.74) is 0. The van der Waals surface area contributed by atoms with Gasteiger partial charge in [0.2, 0.25) is 5.75 Å². The Kier molecular flexibility index (Phi) is 17.7. The molecule has 1 N–H and O–H groups in total. The van der Waals surface area contributed by atoms with Gasteiger partial charge >= 0.3 is 0 Å². The van der Waals surface area contributed by atoms with E-state index in [1.54, 1.807) is 0 Å². The first-order chi connectivity index (χ1) is 10.7. The lowest BCUT2D eigenvalue weighted by Gasteiger charge is -2.18. The average Bonchev–Trinajstić information content (AvgIpc) is 2.49. The van der Waals surface area contributed by atoms with E-state index in [0.717, 1.165) is 12.8 Å². The second kappa shape index (κ2) is 17.6. The Labute approximate surface area is 144 Å². The molecular formula is C19H39ClO2. The van der Waals surface area contributed by atoms with Crippen LogP contribution in [0.5, 0.6) is 0 Å². The maximum Gasteiger partial charge on any atom is 0.234 e. The van der Waals surface area contributed by atoms with Gasteiger partial charge in [-0.1, -0.05) is 109 Å². The number of ether oxygens (including phenoxy) is 1. The zero-order valence-corrected chi connectivity index (χ0v) is 15.8. The van der Waals surface area contributed by atoms with Gasteiger partial charge in [0.05, 0.1) is 6.10 Å². The number of alkyl halides is 1. The Morgan fingerprint density at radius 1 is 0.682 bits per heavy atom. The summed E-state index contributed by atoms with van der Waals surface area (Å²) < 4.78 is 5.44. The molecule has 0 aliphatic carbocycles. The van der Waals surface area contributed by atoms with Crippen molar-refractivity contribution in [2.75, 3.05) is 0 Å². The van der Waals surface area contributed by atoms with Crippen LogP contribution in [-0.2, 0) is 4.74 Å². The Bertz CT molecular complexity index is 210. The van der Waals surface area contributed by atoms with Crippen LogP contribution in [0.15, 0.2) is 0 Å². The van der Waals surface area contributed by atoms with Crippen molar-refractivity contribution in [1.29, 1.82) is 0 Å². The van der Waals surface area contributed by atoms with Crippen molar-refractivity contribution in [3.63, 3.8) is 0 Å². The maximum absolute atomic E-state index is 9.24. The lowest BCUT2D eigenvalue weighted by atomic mass is 10.0. The van der Waals surface area contributed by atoms with E-state index >= 15 is 0 Å². The van der Waals surface area contributed by atoms with E-state index in [4.69, 9.17) is 16.3 Å². The first-order valence-electron chi connectivity index (χ1n) is 9.68. The molecule has 2 unspecified atom stereocenters. The van der Waals surface area contributed by atoms with Gasteiger partial charge in [-0.25, -0.2) is 0 Å². The van der Waals surface area contributed by atoms with Crippen molar-refractivity contribution in [2.24, 2.45) is 0 Å². The molecule has 0 aromatic rings. The monoisotopic (exact) mass is 334 g/mol. The normalized spacial score (nSPS) is 14.2. The van der Waals surface area contributed by atoms with E-state index in [1.165, 1.54) is 83.5 Å².